The van der Waals surface area contributed by atoms with Gasteiger partial charge in [-0.2, -0.15) is 0 Å². The van der Waals surface area contributed by atoms with E-state index in [1.54, 1.807) is 0 Å². The van der Waals surface area contributed by atoms with Crippen molar-refractivity contribution in [1.82, 2.24) is 10.2 Å². The summed E-state index contributed by atoms with van der Waals surface area (Å²) in [4.78, 5) is 0. The van der Waals surface area contributed by atoms with Crippen LogP contribution in [0.4, 0.5) is 0 Å². The molecule has 0 aliphatic carbocycles. The molecule has 0 unspecified atom stereocenters. The highest BCUT2D eigenvalue weighted by Gasteiger charge is 2.16. The maximum Gasteiger partial charge on any atom is 0.248 e. The van der Waals surface area contributed by atoms with Crippen LogP contribution in [0.5, 0.6) is 5.75 Å². The van der Waals surface area contributed by atoms with E-state index in [0.717, 1.165) is 16.9 Å². The van der Waals surface area contributed by atoms with Crippen LogP contribution >= 0.6 is 0 Å². The van der Waals surface area contributed by atoms with Crippen molar-refractivity contribution in [1.29, 1.82) is 0 Å². The van der Waals surface area contributed by atoms with E-state index in [2.05, 4.69) is 10.2 Å². The number of benzene rings is 2. The summed E-state index contributed by atoms with van der Waals surface area (Å²) in [6.07, 6.45) is -0.283. The third kappa shape index (κ3) is 3.29. The molecule has 4 rings (SSSR count). The molecule has 122 valence electrons. The monoisotopic (exact) mass is 324 g/mol. The van der Waals surface area contributed by atoms with Gasteiger partial charge in [-0.25, -0.2) is 0 Å². The van der Waals surface area contributed by atoms with E-state index < -0.39 is 0 Å². The van der Waals surface area contributed by atoms with Crippen molar-refractivity contribution in [3.63, 3.8) is 0 Å². The number of hydrogen-bond donors (Lipinski definition) is 0. The molecule has 1 saturated heterocycles. The molecule has 1 aliphatic rings. The van der Waals surface area contributed by atoms with Gasteiger partial charge in [-0.15, -0.1) is 10.2 Å². The smallest absolute Gasteiger partial charge is 0.248 e. The molecule has 6 nitrogen and oxygen atoms in total. The molecule has 0 amide bonds. The summed E-state index contributed by atoms with van der Waals surface area (Å²) in [6, 6.07) is 17.2. The lowest BCUT2D eigenvalue weighted by atomic mass is 10.2. The number of nitrogens with zero attached hydrogens (tertiary/aromatic N) is 2. The quantitative estimate of drug-likeness (QED) is 0.718. The first-order chi connectivity index (χ1) is 11.9. The van der Waals surface area contributed by atoms with Crippen molar-refractivity contribution in [2.24, 2.45) is 0 Å². The Hall–Kier alpha value is -2.70. The molecule has 3 aromatic rings. The van der Waals surface area contributed by atoms with E-state index in [1.807, 2.05) is 54.6 Å². The van der Waals surface area contributed by atoms with Crippen molar-refractivity contribution in [3.8, 4) is 28.7 Å². The minimum Gasteiger partial charge on any atom is -0.488 e. The molecule has 24 heavy (non-hydrogen) atoms. The van der Waals surface area contributed by atoms with Crippen LogP contribution in [0.3, 0.4) is 0 Å². The van der Waals surface area contributed by atoms with Gasteiger partial charge in [0.25, 0.3) is 0 Å². The topological polar surface area (TPSA) is 66.6 Å². The van der Waals surface area contributed by atoms with E-state index in [1.165, 1.54) is 0 Å². The van der Waals surface area contributed by atoms with E-state index >= 15 is 0 Å². The number of aromatic nitrogens is 2. The van der Waals surface area contributed by atoms with Crippen LogP contribution in [0, 0.1) is 0 Å². The van der Waals surface area contributed by atoms with Crippen LogP contribution in [-0.2, 0) is 9.47 Å². The fourth-order valence-electron chi connectivity index (χ4n) is 2.40. The third-order valence-electron chi connectivity index (χ3n) is 3.62. The largest absolute Gasteiger partial charge is 0.488 e. The second-order valence-electron chi connectivity index (χ2n) is 5.28. The average molecular weight is 324 g/mol. The first-order valence-electron chi connectivity index (χ1n) is 7.74. The first-order valence-corrected chi connectivity index (χ1v) is 7.74. The molecule has 1 aliphatic heterocycles. The summed E-state index contributed by atoms with van der Waals surface area (Å²) < 4.78 is 22.0. The third-order valence-corrected chi connectivity index (χ3v) is 3.62. The standard InChI is InChI=1S/C18H16N2O4/c1-2-4-13(5-3-1)17-19-20-18(24-17)14-6-8-15(9-7-14)23-12-16-21-10-11-22-16/h1-9,16H,10-12H2. The molecular weight excluding hydrogens is 308 g/mol. The molecule has 1 aromatic heterocycles. The minimum atomic E-state index is -0.283. The Labute approximate surface area is 139 Å². The Kier molecular flexibility index (Phi) is 4.22. The zero-order valence-corrected chi connectivity index (χ0v) is 12.9. The highest BCUT2D eigenvalue weighted by Crippen LogP contribution is 2.25. The van der Waals surface area contributed by atoms with Crippen LogP contribution in [-0.4, -0.2) is 36.3 Å². The average Bonchev–Trinajstić information content (AvgIpc) is 3.33. The summed E-state index contributed by atoms with van der Waals surface area (Å²) >= 11 is 0. The van der Waals surface area contributed by atoms with Crippen LogP contribution in [0.25, 0.3) is 22.9 Å². The Bertz CT molecular complexity index is 780. The zero-order valence-electron chi connectivity index (χ0n) is 12.9. The lowest BCUT2D eigenvalue weighted by molar-refractivity contribution is -0.0684. The van der Waals surface area contributed by atoms with E-state index in [-0.39, 0.29) is 6.29 Å². The molecule has 0 radical (unpaired) electrons. The molecular formula is C18H16N2O4. The molecule has 2 heterocycles. The van der Waals surface area contributed by atoms with Crippen molar-refractivity contribution < 1.29 is 18.6 Å². The second-order valence-corrected chi connectivity index (χ2v) is 5.28. The highest BCUT2D eigenvalue weighted by molar-refractivity contribution is 5.58. The Morgan fingerprint density at radius 2 is 1.46 bits per heavy atom. The van der Waals surface area contributed by atoms with Gasteiger partial charge in [0.15, 0.2) is 6.29 Å². The van der Waals surface area contributed by atoms with Crippen molar-refractivity contribution >= 4 is 0 Å². The predicted molar refractivity (Wildman–Crippen MR) is 86.4 cm³/mol. The van der Waals surface area contributed by atoms with Crippen LogP contribution < -0.4 is 4.74 Å². The van der Waals surface area contributed by atoms with Crippen LogP contribution in [0.2, 0.25) is 0 Å². The first kappa shape index (κ1) is 14.9. The maximum atomic E-state index is 5.73. The van der Waals surface area contributed by atoms with Gasteiger partial charge in [0.2, 0.25) is 11.8 Å². The van der Waals surface area contributed by atoms with Gasteiger partial charge in [-0.05, 0) is 36.4 Å². The molecule has 0 bridgehead atoms. The van der Waals surface area contributed by atoms with E-state index in [4.69, 9.17) is 18.6 Å². The molecule has 0 atom stereocenters. The van der Waals surface area contributed by atoms with Gasteiger partial charge in [0.05, 0.1) is 13.2 Å². The Balaban J connectivity index is 1.44. The number of ether oxygens (including phenoxy) is 3. The van der Waals surface area contributed by atoms with Crippen molar-refractivity contribution in [3.05, 3.63) is 54.6 Å². The lowest BCUT2D eigenvalue weighted by Gasteiger charge is -2.10. The summed E-state index contributed by atoms with van der Waals surface area (Å²) in [5.74, 6) is 1.71. The summed E-state index contributed by atoms with van der Waals surface area (Å²) in [7, 11) is 0. The second kappa shape index (κ2) is 6.82. The summed E-state index contributed by atoms with van der Waals surface area (Å²) in [6.45, 7) is 1.61. The van der Waals surface area contributed by atoms with Gasteiger partial charge in [0, 0.05) is 11.1 Å². The van der Waals surface area contributed by atoms with Gasteiger partial charge in [0.1, 0.15) is 12.4 Å². The summed E-state index contributed by atoms with van der Waals surface area (Å²) in [5.41, 5.74) is 1.73. The SMILES string of the molecule is c1ccc(-c2nnc(-c3ccc(OCC4OCCO4)cc3)o2)cc1. The summed E-state index contributed by atoms with van der Waals surface area (Å²) in [5, 5.41) is 8.20. The van der Waals surface area contributed by atoms with Gasteiger partial charge in [-0.3, -0.25) is 0 Å². The molecule has 0 saturated carbocycles. The number of hydrogen-bond acceptors (Lipinski definition) is 6. The fourth-order valence-corrected chi connectivity index (χ4v) is 2.40. The van der Waals surface area contributed by atoms with Gasteiger partial charge < -0.3 is 18.6 Å². The highest BCUT2D eigenvalue weighted by atomic mass is 16.7. The molecule has 2 aromatic carbocycles. The predicted octanol–water partition coefficient (Wildman–Crippen LogP) is 3.16. The molecule has 0 spiro atoms. The van der Waals surface area contributed by atoms with E-state index in [0.29, 0.717) is 31.6 Å². The van der Waals surface area contributed by atoms with E-state index in [9.17, 15) is 0 Å². The van der Waals surface area contributed by atoms with Crippen molar-refractivity contribution in [2.75, 3.05) is 19.8 Å². The number of rotatable bonds is 5. The minimum absolute atomic E-state index is 0.283. The van der Waals surface area contributed by atoms with Crippen LogP contribution in [0.1, 0.15) is 0 Å². The molecule has 1 fully saturated rings. The normalized spacial score (nSPS) is 14.8. The maximum absolute atomic E-state index is 5.73. The Morgan fingerprint density at radius 1 is 0.833 bits per heavy atom. The van der Waals surface area contributed by atoms with Crippen LogP contribution in [0.15, 0.2) is 59.0 Å². The Morgan fingerprint density at radius 3 is 2.12 bits per heavy atom. The lowest BCUT2D eigenvalue weighted by Crippen LogP contribution is -2.18. The fraction of sp³-hybridized carbons (Fsp3) is 0.222. The zero-order chi connectivity index (χ0) is 16.2. The van der Waals surface area contributed by atoms with Gasteiger partial charge in [-0.1, -0.05) is 18.2 Å². The molecule has 6 heteroatoms. The van der Waals surface area contributed by atoms with Gasteiger partial charge >= 0.3 is 0 Å². The molecule has 0 N–H and O–H groups in total. The van der Waals surface area contributed by atoms with Crippen molar-refractivity contribution in [2.45, 2.75) is 6.29 Å².